The molecule has 0 fully saturated rings. The highest BCUT2D eigenvalue weighted by atomic mass is 32.2. The molecule has 1 aromatic rings. The number of allylic oxidation sites excluding steroid dienone is 2. The van der Waals surface area contributed by atoms with Gasteiger partial charge in [-0.2, -0.15) is 0 Å². The molecule has 18 heavy (non-hydrogen) atoms. The van der Waals surface area contributed by atoms with Gasteiger partial charge in [0.25, 0.3) is 0 Å². The van der Waals surface area contributed by atoms with Crippen LogP contribution in [0, 0.1) is 0 Å². The first kappa shape index (κ1) is 14.8. The van der Waals surface area contributed by atoms with Crippen LogP contribution in [0.15, 0.2) is 39.9 Å². The van der Waals surface area contributed by atoms with Gasteiger partial charge in [-0.25, -0.2) is 0 Å². The zero-order valence-electron chi connectivity index (χ0n) is 11.5. The molecule has 2 nitrogen and oxygen atoms in total. The van der Waals surface area contributed by atoms with Gasteiger partial charge in [0.2, 0.25) is 0 Å². The van der Waals surface area contributed by atoms with Crippen LogP contribution in [0.3, 0.4) is 0 Å². The molecule has 0 unspecified atom stereocenters. The first-order valence-corrected chi connectivity index (χ1v) is 7.40. The zero-order valence-corrected chi connectivity index (χ0v) is 12.3. The Morgan fingerprint density at radius 2 is 1.94 bits per heavy atom. The molecular weight excluding hydrogens is 242 g/mol. The number of aromatic hydroxyl groups is 1. The summed E-state index contributed by atoms with van der Waals surface area (Å²) in [4.78, 5) is 5.93. The topological polar surface area (TPSA) is 32.6 Å². The van der Waals surface area contributed by atoms with Crippen LogP contribution < -0.4 is 0 Å². The van der Waals surface area contributed by atoms with Crippen LogP contribution in [0.25, 0.3) is 0 Å². The maximum atomic E-state index is 9.79. The molecule has 0 aromatic heterocycles. The van der Waals surface area contributed by atoms with Crippen LogP contribution in [0.5, 0.6) is 5.75 Å². The van der Waals surface area contributed by atoms with Gasteiger partial charge in [0.1, 0.15) is 5.75 Å². The summed E-state index contributed by atoms with van der Waals surface area (Å²) in [7, 11) is 0. The number of nitrogens with zero attached hydrogens (tertiary/aromatic N) is 1. The SMILES string of the molecule is CCC/C(SC)=C(\C)N=C(C)c1ccccc1O. The minimum absolute atomic E-state index is 0.285. The molecule has 0 amide bonds. The molecule has 0 bridgehead atoms. The van der Waals surface area contributed by atoms with Crippen LogP contribution in [0.2, 0.25) is 0 Å². The van der Waals surface area contributed by atoms with Gasteiger partial charge in [-0.05, 0) is 38.7 Å². The van der Waals surface area contributed by atoms with Gasteiger partial charge in [0, 0.05) is 21.9 Å². The Hall–Kier alpha value is -1.22. The fourth-order valence-corrected chi connectivity index (χ4v) is 2.56. The molecule has 0 spiro atoms. The summed E-state index contributed by atoms with van der Waals surface area (Å²) in [5, 5.41) is 9.79. The number of aliphatic imine (C=N–C) groups is 1. The van der Waals surface area contributed by atoms with Gasteiger partial charge >= 0.3 is 0 Å². The molecule has 0 saturated heterocycles. The molecule has 1 aromatic carbocycles. The van der Waals surface area contributed by atoms with Gasteiger partial charge in [-0.1, -0.05) is 25.5 Å². The Kier molecular flexibility index (Phi) is 5.99. The minimum atomic E-state index is 0.285. The molecule has 98 valence electrons. The average Bonchev–Trinajstić information content (AvgIpc) is 2.36. The van der Waals surface area contributed by atoms with E-state index in [1.54, 1.807) is 17.8 Å². The zero-order chi connectivity index (χ0) is 13.5. The molecule has 0 radical (unpaired) electrons. The van der Waals surface area contributed by atoms with Crippen LogP contribution in [0.4, 0.5) is 0 Å². The van der Waals surface area contributed by atoms with Crippen molar-refractivity contribution >= 4 is 17.5 Å². The molecule has 0 aliphatic heterocycles. The first-order valence-electron chi connectivity index (χ1n) is 6.17. The number of benzene rings is 1. The second-order valence-corrected chi connectivity index (χ2v) is 5.08. The van der Waals surface area contributed by atoms with Crippen molar-refractivity contribution in [1.29, 1.82) is 0 Å². The molecule has 0 saturated carbocycles. The van der Waals surface area contributed by atoms with E-state index in [2.05, 4.69) is 18.2 Å². The molecule has 0 aliphatic rings. The van der Waals surface area contributed by atoms with Crippen molar-refractivity contribution < 1.29 is 5.11 Å². The van der Waals surface area contributed by atoms with E-state index in [1.165, 1.54) is 4.91 Å². The third-order valence-electron chi connectivity index (χ3n) is 2.76. The molecular formula is C15H21NOS. The summed E-state index contributed by atoms with van der Waals surface area (Å²) in [5.41, 5.74) is 2.70. The van der Waals surface area contributed by atoms with Crippen molar-refractivity contribution in [3.05, 3.63) is 40.4 Å². The van der Waals surface area contributed by atoms with Crippen molar-refractivity contribution in [3.8, 4) is 5.75 Å². The summed E-state index contributed by atoms with van der Waals surface area (Å²) >= 11 is 1.75. The van der Waals surface area contributed by atoms with E-state index in [9.17, 15) is 5.11 Å². The van der Waals surface area contributed by atoms with E-state index in [1.807, 2.05) is 32.0 Å². The van der Waals surface area contributed by atoms with E-state index in [0.29, 0.717) is 0 Å². The standard InChI is InChI=1S/C15H21NOS/c1-5-8-15(18-4)12(3)16-11(2)13-9-6-7-10-14(13)17/h6-7,9-10,17H,5,8H2,1-4H3/b15-12-,16-11?. The number of phenols is 1. The van der Waals surface area contributed by atoms with Gasteiger partial charge < -0.3 is 5.11 Å². The Labute approximate surface area is 114 Å². The van der Waals surface area contributed by atoms with Gasteiger partial charge in [0.05, 0.1) is 0 Å². The summed E-state index contributed by atoms with van der Waals surface area (Å²) in [6.07, 6.45) is 4.27. The number of rotatable bonds is 5. The van der Waals surface area contributed by atoms with Crippen molar-refractivity contribution in [1.82, 2.24) is 0 Å². The lowest BCUT2D eigenvalue weighted by Crippen LogP contribution is -1.96. The van der Waals surface area contributed by atoms with Gasteiger partial charge in [0.15, 0.2) is 0 Å². The highest BCUT2D eigenvalue weighted by Crippen LogP contribution is 2.24. The predicted molar refractivity (Wildman–Crippen MR) is 81.4 cm³/mol. The van der Waals surface area contributed by atoms with E-state index in [-0.39, 0.29) is 5.75 Å². The van der Waals surface area contributed by atoms with Crippen molar-refractivity contribution in [2.75, 3.05) is 6.26 Å². The number of phenolic OH excluding ortho intramolecular Hbond substituents is 1. The normalized spacial score (nSPS) is 13.4. The summed E-state index contributed by atoms with van der Waals surface area (Å²) in [5.74, 6) is 0.285. The van der Waals surface area contributed by atoms with Crippen LogP contribution in [0.1, 0.15) is 39.2 Å². The molecule has 0 aliphatic carbocycles. The van der Waals surface area contributed by atoms with E-state index >= 15 is 0 Å². The minimum Gasteiger partial charge on any atom is -0.507 e. The highest BCUT2D eigenvalue weighted by Gasteiger charge is 2.05. The fourth-order valence-electron chi connectivity index (χ4n) is 1.81. The summed E-state index contributed by atoms with van der Waals surface area (Å²) in [6, 6.07) is 7.31. The quantitative estimate of drug-likeness (QED) is 0.788. The van der Waals surface area contributed by atoms with Crippen molar-refractivity contribution in [3.63, 3.8) is 0 Å². The first-order chi connectivity index (χ1) is 8.60. The second-order valence-electron chi connectivity index (χ2n) is 4.18. The second kappa shape index (κ2) is 7.27. The number of hydrogen-bond acceptors (Lipinski definition) is 3. The smallest absolute Gasteiger partial charge is 0.124 e. The van der Waals surface area contributed by atoms with Gasteiger partial charge in [-0.15, -0.1) is 11.8 Å². The number of hydrogen-bond donors (Lipinski definition) is 1. The van der Waals surface area contributed by atoms with Crippen molar-refractivity contribution in [2.45, 2.75) is 33.6 Å². The van der Waals surface area contributed by atoms with Crippen LogP contribution >= 0.6 is 11.8 Å². The average molecular weight is 263 g/mol. The predicted octanol–water partition coefficient (Wildman–Crippen LogP) is 4.60. The van der Waals surface area contributed by atoms with Gasteiger partial charge in [-0.3, -0.25) is 4.99 Å². The maximum absolute atomic E-state index is 9.79. The van der Waals surface area contributed by atoms with Crippen molar-refractivity contribution in [2.24, 2.45) is 4.99 Å². The third kappa shape index (κ3) is 3.91. The Bertz CT molecular complexity index is 463. The maximum Gasteiger partial charge on any atom is 0.124 e. The third-order valence-corrected chi connectivity index (χ3v) is 3.75. The molecule has 3 heteroatoms. The van der Waals surface area contributed by atoms with E-state index in [4.69, 9.17) is 0 Å². The van der Waals surface area contributed by atoms with Crippen LogP contribution in [-0.4, -0.2) is 17.1 Å². The lowest BCUT2D eigenvalue weighted by molar-refractivity contribution is 0.474. The number of thioether (sulfide) groups is 1. The lowest BCUT2D eigenvalue weighted by Gasteiger charge is -2.07. The molecule has 1 rings (SSSR count). The Balaban J connectivity index is 3.06. The fraction of sp³-hybridized carbons (Fsp3) is 0.400. The molecule has 1 N–H and O–H groups in total. The Morgan fingerprint density at radius 1 is 1.28 bits per heavy atom. The number of para-hydroxylation sites is 1. The summed E-state index contributed by atoms with van der Waals surface area (Å²) < 4.78 is 0. The van der Waals surface area contributed by atoms with Crippen LogP contribution in [-0.2, 0) is 0 Å². The molecule has 0 atom stereocenters. The van der Waals surface area contributed by atoms with E-state index in [0.717, 1.165) is 29.8 Å². The summed E-state index contributed by atoms with van der Waals surface area (Å²) in [6.45, 7) is 6.14. The largest absolute Gasteiger partial charge is 0.507 e. The monoisotopic (exact) mass is 263 g/mol. The highest BCUT2D eigenvalue weighted by molar-refractivity contribution is 8.02. The lowest BCUT2D eigenvalue weighted by atomic mass is 10.1. The molecule has 0 heterocycles. The van der Waals surface area contributed by atoms with E-state index < -0.39 is 0 Å². The Morgan fingerprint density at radius 3 is 2.50 bits per heavy atom.